The first-order valence-corrected chi connectivity index (χ1v) is 4.50. The Morgan fingerprint density at radius 2 is 1.67 bits per heavy atom. The highest BCUT2D eigenvalue weighted by molar-refractivity contribution is 5.48. The zero-order chi connectivity index (χ0) is 9.14. The lowest BCUT2D eigenvalue weighted by molar-refractivity contribution is 0.903. The van der Waals surface area contributed by atoms with Gasteiger partial charge in [0.1, 0.15) is 0 Å². The van der Waals surface area contributed by atoms with Crippen molar-refractivity contribution in [1.29, 1.82) is 0 Å². The summed E-state index contributed by atoms with van der Waals surface area (Å²) in [6.07, 6.45) is 2.36. The van der Waals surface area contributed by atoms with Crippen molar-refractivity contribution < 1.29 is 0 Å². The van der Waals surface area contributed by atoms with E-state index in [-0.39, 0.29) is 0 Å². The Kier molecular flexibility index (Phi) is 2.74. The molecule has 0 aliphatic rings. The van der Waals surface area contributed by atoms with Crippen LogP contribution in [0.15, 0.2) is 12.1 Å². The van der Waals surface area contributed by atoms with Crippen molar-refractivity contribution in [2.45, 2.75) is 33.6 Å². The molecule has 1 nitrogen and oxygen atoms in total. The predicted octanol–water partition coefficient (Wildman–Crippen LogP) is 2.84. The zero-order valence-electron chi connectivity index (χ0n) is 8.15. The van der Waals surface area contributed by atoms with Gasteiger partial charge >= 0.3 is 0 Å². The maximum atomic E-state index is 5.72. The molecule has 0 unspecified atom stereocenters. The van der Waals surface area contributed by atoms with E-state index in [0.29, 0.717) is 0 Å². The maximum Gasteiger partial charge on any atom is 0.0319 e. The van der Waals surface area contributed by atoms with Crippen molar-refractivity contribution >= 4 is 5.69 Å². The van der Waals surface area contributed by atoms with Crippen LogP contribution < -0.4 is 5.73 Å². The van der Waals surface area contributed by atoms with Crippen LogP contribution in [-0.4, -0.2) is 0 Å². The molecule has 1 aromatic carbocycles. The Balaban J connectivity index is 3.10. The van der Waals surface area contributed by atoms with Gasteiger partial charge in [-0.2, -0.15) is 0 Å². The lowest BCUT2D eigenvalue weighted by Gasteiger charge is -2.09. The van der Waals surface area contributed by atoms with E-state index in [1.807, 2.05) is 0 Å². The van der Waals surface area contributed by atoms with Gasteiger partial charge in [0.05, 0.1) is 0 Å². The molecule has 0 atom stereocenters. The number of rotatable bonds is 2. The van der Waals surface area contributed by atoms with Crippen LogP contribution in [0.3, 0.4) is 0 Å². The van der Waals surface area contributed by atoms with E-state index >= 15 is 0 Å². The first kappa shape index (κ1) is 9.11. The summed E-state index contributed by atoms with van der Waals surface area (Å²) >= 11 is 0. The van der Waals surface area contributed by atoms with Gasteiger partial charge in [-0.25, -0.2) is 0 Å². The molecule has 0 amide bonds. The Morgan fingerprint density at radius 3 is 2.08 bits per heavy atom. The summed E-state index contributed by atoms with van der Waals surface area (Å²) < 4.78 is 0. The average molecular weight is 163 g/mol. The molecule has 66 valence electrons. The molecule has 1 heteroatoms. The standard InChI is InChI=1S/C11H17N/c1-4-5-11-8(2)6-10(12)7-9(11)3/h6-7H,4-5,12H2,1-3H3. The molecule has 0 heterocycles. The fourth-order valence-corrected chi connectivity index (χ4v) is 1.67. The summed E-state index contributed by atoms with van der Waals surface area (Å²) in [5.41, 5.74) is 10.7. The molecule has 12 heavy (non-hydrogen) atoms. The van der Waals surface area contributed by atoms with Crippen LogP contribution >= 0.6 is 0 Å². The summed E-state index contributed by atoms with van der Waals surface area (Å²) in [6, 6.07) is 4.11. The van der Waals surface area contributed by atoms with Crippen molar-refractivity contribution in [3.63, 3.8) is 0 Å². The number of anilines is 1. The lowest BCUT2D eigenvalue weighted by atomic mass is 9.98. The highest BCUT2D eigenvalue weighted by Crippen LogP contribution is 2.19. The van der Waals surface area contributed by atoms with Gasteiger partial charge in [0, 0.05) is 5.69 Å². The van der Waals surface area contributed by atoms with Gasteiger partial charge in [-0.05, 0) is 49.1 Å². The van der Waals surface area contributed by atoms with Crippen molar-refractivity contribution in [3.05, 3.63) is 28.8 Å². The van der Waals surface area contributed by atoms with E-state index in [1.165, 1.54) is 23.1 Å². The second-order valence-electron chi connectivity index (χ2n) is 3.38. The summed E-state index contributed by atoms with van der Waals surface area (Å²) in [5.74, 6) is 0. The predicted molar refractivity (Wildman–Crippen MR) is 54.3 cm³/mol. The summed E-state index contributed by atoms with van der Waals surface area (Å²) in [7, 11) is 0. The lowest BCUT2D eigenvalue weighted by Crippen LogP contribution is -1.96. The highest BCUT2D eigenvalue weighted by atomic mass is 14.5. The van der Waals surface area contributed by atoms with Gasteiger partial charge in [-0.3, -0.25) is 0 Å². The Morgan fingerprint density at radius 1 is 1.17 bits per heavy atom. The molecule has 1 rings (SSSR count). The molecule has 0 aliphatic heterocycles. The molecule has 0 aliphatic carbocycles. The van der Waals surface area contributed by atoms with Crippen molar-refractivity contribution in [2.75, 3.05) is 5.73 Å². The van der Waals surface area contributed by atoms with Gasteiger partial charge in [0.15, 0.2) is 0 Å². The number of aryl methyl sites for hydroxylation is 2. The van der Waals surface area contributed by atoms with Gasteiger partial charge in [0.25, 0.3) is 0 Å². The number of nitrogens with two attached hydrogens (primary N) is 1. The topological polar surface area (TPSA) is 26.0 Å². The number of hydrogen-bond donors (Lipinski definition) is 1. The molecule has 2 N–H and O–H groups in total. The Hall–Kier alpha value is -0.980. The van der Waals surface area contributed by atoms with Crippen molar-refractivity contribution in [3.8, 4) is 0 Å². The fraction of sp³-hybridized carbons (Fsp3) is 0.455. The molecular weight excluding hydrogens is 146 g/mol. The van der Waals surface area contributed by atoms with Crippen molar-refractivity contribution in [1.82, 2.24) is 0 Å². The quantitative estimate of drug-likeness (QED) is 0.666. The number of nitrogen functional groups attached to an aromatic ring is 1. The third kappa shape index (κ3) is 1.79. The van der Waals surface area contributed by atoms with Crippen LogP contribution in [0.2, 0.25) is 0 Å². The van der Waals surface area contributed by atoms with Crippen LogP contribution in [0.25, 0.3) is 0 Å². The van der Waals surface area contributed by atoms with E-state index in [4.69, 9.17) is 5.73 Å². The normalized spacial score (nSPS) is 10.2. The van der Waals surface area contributed by atoms with E-state index < -0.39 is 0 Å². The molecule has 0 aromatic heterocycles. The van der Waals surface area contributed by atoms with Crippen LogP contribution in [-0.2, 0) is 6.42 Å². The molecule has 1 aromatic rings. The second-order valence-corrected chi connectivity index (χ2v) is 3.38. The van der Waals surface area contributed by atoms with Crippen LogP contribution in [0.1, 0.15) is 30.0 Å². The minimum atomic E-state index is 0.879. The fourth-order valence-electron chi connectivity index (χ4n) is 1.67. The largest absolute Gasteiger partial charge is 0.399 e. The van der Waals surface area contributed by atoms with E-state index in [0.717, 1.165) is 12.1 Å². The monoisotopic (exact) mass is 163 g/mol. The second kappa shape index (κ2) is 3.61. The molecular formula is C11H17N. The minimum Gasteiger partial charge on any atom is -0.399 e. The molecule has 0 bridgehead atoms. The first-order valence-electron chi connectivity index (χ1n) is 4.50. The molecule has 0 radical (unpaired) electrons. The molecule has 0 saturated carbocycles. The Labute approximate surface area is 74.6 Å². The summed E-state index contributed by atoms with van der Waals surface area (Å²) in [6.45, 7) is 6.47. The summed E-state index contributed by atoms with van der Waals surface area (Å²) in [5, 5.41) is 0. The number of hydrogen-bond acceptors (Lipinski definition) is 1. The maximum absolute atomic E-state index is 5.72. The van der Waals surface area contributed by atoms with E-state index in [1.54, 1.807) is 0 Å². The average Bonchev–Trinajstić information content (AvgIpc) is 1.96. The molecule has 0 fully saturated rings. The third-order valence-corrected chi connectivity index (χ3v) is 2.22. The SMILES string of the molecule is CCCc1c(C)cc(N)cc1C. The minimum absolute atomic E-state index is 0.879. The van der Waals surface area contributed by atoms with Crippen LogP contribution in [0.5, 0.6) is 0 Å². The van der Waals surface area contributed by atoms with E-state index in [9.17, 15) is 0 Å². The number of benzene rings is 1. The van der Waals surface area contributed by atoms with Gasteiger partial charge in [0.2, 0.25) is 0 Å². The van der Waals surface area contributed by atoms with Gasteiger partial charge in [-0.15, -0.1) is 0 Å². The first-order chi connectivity index (χ1) is 5.65. The van der Waals surface area contributed by atoms with Gasteiger partial charge in [-0.1, -0.05) is 13.3 Å². The van der Waals surface area contributed by atoms with Crippen molar-refractivity contribution in [2.24, 2.45) is 0 Å². The summed E-state index contributed by atoms with van der Waals surface area (Å²) in [4.78, 5) is 0. The van der Waals surface area contributed by atoms with Crippen LogP contribution in [0.4, 0.5) is 5.69 Å². The smallest absolute Gasteiger partial charge is 0.0319 e. The zero-order valence-corrected chi connectivity index (χ0v) is 8.15. The third-order valence-electron chi connectivity index (χ3n) is 2.22. The molecule has 0 spiro atoms. The molecule has 0 saturated heterocycles. The van der Waals surface area contributed by atoms with Gasteiger partial charge < -0.3 is 5.73 Å². The highest BCUT2D eigenvalue weighted by Gasteiger charge is 2.01. The Bertz CT molecular complexity index is 253. The van der Waals surface area contributed by atoms with E-state index in [2.05, 4.69) is 32.9 Å². The van der Waals surface area contributed by atoms with Crippen LogP contribution in [0, 0.1) is 13.8 Å².